The molecule has 9 nitrogen and oxygen atoms in total. The molecule has 1 aliphatic rings. The average Bonchev–Trinajstić information content (AvgIpc) is 3.26. The van der Waals surface area contributed by atoms with Gasteiger partial charge in [0.1, 0.15) is 11.4 Å². The molecule has 0 unspecified atom stereocenters. The molecule has 1 saturated carbocycles. The van der Waals surface area contributed by atoms with E-state index in [2.05, 4.69) is 25.4 Å². The lowest BCUT2D eigenvalue weighted by molar-refractivity contribution is 0.0864. The van der Waals surface area contributed by atoms with Crippen molar-refractivity contribution in [2.75, 3.05) is 5.73 Å². The first-order chi connectivity index (χ1) is 16.4. The van der Waals surface area contributed by atoms with Gasteiger partial charge in [-0.3, -0.25) is 14.5 Å². The van der Waals surface area contributed by atoms with E-state index in [0.717, 1.165) is 5.39 Å². The number of aromatic nitrogens is 5. The minimum atomic E-state index is -0.395. The van der Waals surface area contributed by atoms with E-state index < -0.39 is 5.91 Å². The number of halogens is 1. The van der Waals surface area contributed by atoms with Gasteiger partial charge in [0, 0.05) is 36.4 Å². The van der Waals surface area contributed by atoms with Crippen LogP contribution in [-0.2, 0) is 7.05 Å². The molecule has 3 aromatic heterocycles. The fraction of sp³-hybridized carbons (Fsp3) is 0.292. The van der Waals surface area contributed by atoms with Crippen molar-refractivity contribution in [2.24, 2.45) is 7.05 Å². The molecule has 34 heavy (non-hydrogen) atoms. The van der Waals surface area contributed by atoms with Crippen LogP contribution in [0.4, 0.5) is 5.82 Å². The number of nitrogen functional groups attached to an aromatic ring is 1. The summed E-state index contributed by atoms with van der Waals surface area (Å²) < 4.78 is 1.66. The van der Waals surface area contributed by atoms with Crippen LogP contribution in [0.15, 0.2) is 42.7 Å². The molecule has 1 aliphatic carbocycles. The molecule has 174 valence electrons. The minimum Gasteiger partial charge on any atom is -0.393 e. The summed E-state index contributed by atoms with van der Waals surface area (Å²) in [6, 6.07) is 9.17. The number of rotatable bonds is 4. The van der Waals surface area contributed by atoms with Crippen molar-refractivity contribution >= 4 is 34.2 Å². The number of carbonyl (C=O) groups is 1. The van der Waals surface area contributed by atoms with Gasteiger partial charge in [-0.2, -0.15) is 5.10 Å². The quantitative estimate of drug-likeness (QED) is 0.410. The highest BCUT2D eigenvalue weighted by Gasteiger charge is 2.25. The van der Waals surface area contributed by atoms with Crippen LogP contribution >= 0.6 is 11.6 Å². The topological polar surface area (TPSA) is 132 Å². The zero-order valence-electron chi connectivity index (χ0n) is 18.6. The zero-order chi connectivity index (χ0) is 23.8. The number of nitrogens with one attached hydrogen (secondary N) is 1. The molecule has 0 saturated heterocycles. The fourth-order valence-corrected chi connectivity index (χ4v) is 4.57. The van der Waals surface area contributed by atoms with Gasteiger partial charge in [-0.25, -0.2) is 9.97 Å². The number of hydrogen-bond donors (Lipinski definition) is 3. The molecule has 0 aliphatic heterocycles. The summed E-state index contributed by atoms with van der Waals surface area (Å²) in [6.07, 6.45) is 5.88. The number of nitrogens with two attached hydrogens (primary N) is 1. The predicted octanol–water partition coefficient (Wildman–Crippen LogP) is 3.36. The van der Waals surface area contributed by atoms with Crippen LogP contribution in [0.5, 0.6) is 0 Å². The monoisotopic (exact) mass is 477 g/mol. The SMILES string of the molecule is Cn1ccc(-c2nc(N)c(C(=O)NC3CCC(O)CC3)nc2-c2cc(Cl)c3ncccc3c2)n1. The maximum Gasteiger partial charge on any atom is 0.273 e. The van der Waals surface area contributed by atoms with Crippen LogP contribution < -0.4 is 11.1 Å². The highest BCUT2D eigenvalue weighted by Crippen LogP contribution is 2.34. The molecule has 4 aromatic rings. The molecule has 1 amide bonds. The normalized spacial score (nSPS) is 18.2. The zero-order valence-corrected chi connectivity index (χ0v) is 19.3. The Hall–Kier alpha value is -3.56. The Morgan fingerprint density at radius 1 is 1.18 bits per heavy atom. The largest absolute Gasteiger partial charge is 0.393 e. The number of nitrogens with zero attached hydrogens (tertiary/aromatic N) is 5. The second kappa shape index (κ2) is 9.00. The Balaban J connectivity index is 1.60. The molecular formula is C24H24ClN7O2. The predicted molar refractivity (Wildman–Crippen MR) is 130 cm³/mol. The van der Waals surface area contributed by atoms with E-state index in [1.165, 1.54) is 0 Å². The van der Waals surface area contributed by atoms with Crippen LogP contribution in [0.25, 0.3) is 33.5 Å². The molecule has 5 rings (SSSR count). The number of aliphatic hydroxyl groups is 1. The van der Waals surface area contributed by atoms with Gasteiger partial charge in [0.05, 0.1) is 22.3 Å². The third-order valence-electron chi connectivity index (χ3n) is 6.06. The Morgan fingerprint density at radius 3 is 2.71 bits per heavy atom. The van der Waals surface area contributed by atoms with Gasteiger partial charge >= 0.3 is 0 Å². The number of aliphatic hydroxyl groups excluding tert-OH is 1. The number of hydrogen-bond acceptors (Lipinski definition) is 7. The smallest absolute Gasteiger partial charge is 0.273 e. The van der Waals surface area contributed by atoms with Crippen molar-refractivity contribution in [3.63, 3.8) is 0 Å². The standard InChI is InChI=1S/C24H24ClN7O2/c1-32-10-8-18(31-32)21-20(14-11-13-3-2-9-27-19(13)17(25)12-14)29-22(23(26)30-21)24(34)28-15-4-6-16(33)7-5-15/h2-3,8-12,15-16,33H,4-7H2,1H3,(H2,26,30)(H,28,34). The number of anilines is 1. The fourth-order valence-electron chi connectivity index (χ4n) is 4.30. The number of pyridine rings is 1. The summed E-state index contributed by atoms with van der Waals surface area (Å²) in [4.78, 5) is 26.7. The maximum atomic E-state index is 13.1. The number of carbonyl (C=O) groups excluding carboxylic acids is 1. The Bertz CT molecular complexity index is 1380. The van der Waals surface area contributed by atoms with Gasteiger partial charge in [0.2, 0.25) is 0 Å². The van der Waals surface area contributed by atoms with Gasteiger partial charge in [-0.05, 0) is 49.9 Å². The van der Waals surface area contributed by atoms with Crippen molar-refractivity contribution in [1.29, 1.82) is 0 Å². The van der Waals surface area contributed by atoms with Gasteiger partial charge in [0.25, 0.3) is 5.91 Å². The third-order valence-corrected chi connectivity index (χ3v) is 6.35. The van der Waals surface area contributed by atoms with Crippen LogP contribution in [0.2, 0.25) is 5.02 Å². The van der Waals surface area contributed by atoms with Gasteiger partial charge in [-0.15, -0.1) is 0 Å². The van der Waals surface area contributed by atoms with Crippen LogP contribution in [-0.4, -0.2) is 47.9 Å². The van der Waals surface area contributed by atoms with E-state index in [4.69, 9.17) is 17.3 Å². The lowest BCUT2D eigenvalue weighted by Crippen LogP contribution is -2.39. The molecule has 3 heterocycles. The van der Waals surface area contributed by atoms with Crippen LogP contribution in [0.3, 0.4) is 0 Å². The average molecular weight is 478 g/mol. The van der Waals surface area contributed by atoms with Gasteiger partial charge in [-0.1, -0.05) is 17.7 Å². The first-order valence-electron chi connectivity index (χ1n) is 11.1. The molecular weight excluding hydrogens is 454 g/mol. The summed E-state index contributed by atoms with van der Waals surface area (Å²) in [7, 11) is 1.81. The van der Waals surface area contributed by atoms with Gasteiger partial charge in [0.15, 0.2) is 11.5 Å². The Labute approximate surface area is 201 Å². The minimum absolute atomic E-state index is 0.0197. The van der Waals surface area contributed by atoms with E-state index in [1.54, 1.807) is 30.2 Å². The molecule has 4 N–H and O–H groups in total. The summed E-state index contributed by atoms with van der Waals surface area (Å²) in [5.74, 6) is -0.375. The Morgan fingerprint density at radius 2 is 1.97 bits per heavy atom. The maximum absolute atomic E-state index is 13.1. The third kappa shape index (κ3) is 4.32. The number of fused-ring (bicyclic) bond motifs is 1. The van der Waals surface area contributed by atoms with Crippen molar-refractivity contribution < 1.29 is 9.90 Å². The van der Waals surface area contributed by atoms with Crippen LogP contribution in [0.1, 0.15) is 36.2 Å². The van der Waals surface area contributed by atoms with Crippen molar-refractivity contribution in [3.05, 3.63) is 53.4 Å². The molecule has 0 spiro atoms. The highest BCUT2D eigenvalue weighted by atomic mass is 35.5. The molecule has 0 bridgehead atoms. The number of aryl methyl sites for hydroxylation is 1. The molecule has 1 aromatic carbocycles. The lowest BCUT2D eigenvalue weighted by atomic mass is 9.93. The van der Waals surface area contributed by atoms with E-state index in [9.17, 15) is 9.90 Å². The number of benzene rings is 1. The molecule has 0 radical (unpaired) electrons. The van der Waals surface area contributed by atoms with E-state index in [1.807, 2.05) is 24.3 Å². The van der Waals surface area contributed by atoms with E-state index >= 15 is 0 Å². The molecule has 1 fully saturated rings. The van der Waals surface area contributed by atoms with Crippen LogP contribution in [0, 0.1) is 0 Å². The molecule has 10 heteroatoms. The summed E-state index contributed by atoms with van der Waals surface area (Å²) in [5.41, 5.74) is 9.09. The summed E-state index contributed by atoms with van der Waals surface area (Å²) >= 11 is 6.53. The van der Waals surface area contributed by atoms with Crippen molar-refractivity contribution in [3.8, 4) is 22.6 Å². The summed E-state index contributed by atoms with van der Waals surface area (Å²) in [6.45, 7) is 0. The van der Waals surface area contributed by atoms with E-state index in [-0.39, 0.29) is 23.7 Å². The van der Waals surface area contributed by atoms with Crippen molar-refractivity contribution in [1.82, 2.24) is 30.0 Å². The lowest BCUT2D eigenvalue weighted by Gasteiger charge is -2.26. The first kappa shape index (κ1) is 22.2. The Kier molecular flexibility index (Phi) is 5.89. The molecule has 0 atom stereocenters. The second-order valence-corrected chi connectivity index (χ2v) is 8.95. The highest BCUT2D eigenvalue weighted by molar-refractivity contribution is 6.35. The second-order valence-electron chi connectivity index (χ2n) is 8.54. The van der Waals surface area contributed by atoms with Gasteiger partial charge < -0.3 is 16.2 Å². The number of amides is 1. The summed E-state index contributed by atoms with van der Waals surface area (Å²) in [5, 5.41) is 18.5. The van der Waals surface area contributed by atoms with E-state index in [0.29, 0.717) is 58.9 Å². The van der Waals surface area contributed by atoms with Crippen molar-refractivity contribution in [2.45, 2.75) is 37.8 Å². The first-order valence-corrected chi connectivity index (χ1v) is 11.5.